The molecule has 2 N–H and O–H groups in total. The highest BCUT2D eigenvalue weighted by Crippen LogP contribution is 2.25. The van der Waals surface area contributed by atoms with E-state index >= 15 is 0 Å². The molecular formula is C8H18O2. The molecule has 1 atom stereocenters. The summed E-state index contributed by atoms with van der Waals surface area (Å²) >= 11 is 0. The van der Waals surface area contributed by atoms with Crippen molar-refractivity contribution in [2.75, 3.05) is 0 Å². The van der Waals surface area contributed by atoms with Gasteiger partial charge in [0.15, 0.2) is 6.29 Å². The van der Waals surface area contributed by atoms with Gasteiger partial charge in [-0.25, -0.2) is 0 Å². The Morgan fingerprint density at radius 1 is 1.20 bits per heavy atom. The molecule has 0 aliphatic carbocycles. The van der Waals surface area contributed by atoms with Gasteiger partial charge in [0.1, 0.15) is 0 Å². The van der Waals surface area contributed by atoms with E-state index in [1.54, 1.807) is 0 Å². The van der Waals surface area contributed by atoms with Crippen LogP contribution in [-0.2, 0) is 0 Å². The Bertz CT molecular complexity index is 91.9. The molecule has 62 valence electrons. The molecule has 2 heteroatoms. The van der Waals surface area contributed by atoms with E-state index in [1.165, 1.54) is 0 Å². The fourth-order valence-electron chi connectivity index (χ4n) is 1.07. The molecular weight excluding hydrogens is 128 g/mol. The molecule has 0 spiro atoms. The number of hydrogen-bond donors (Lipinski definition) is 2. The first-order chi connectivity index (χ1) is 4.33. The number of rotatable bonds is 2. The molecule has 0 saturated heterocycles. The molecule has 0 aromatic heterocycles. The van der Waals surface area contributed by atoms with E-state index in [1.807, 2.05) is 6.92 Å². The molecule has 2 nitrogen and oxygen atoms in total. The van der Waals surface area contributed by atoms with Crippen LogP contribution < -0.4 is 0 Å². The lowest BCUT2D eigenvalue weighted by Crippen LogP contribution is -2.22. The maximum absolute atomic E-state index is 8.74. The molecule has 0 aromatic carbocycles. The summed E-state index contributed by atoms with van der Waals surface area (Å²) in [6.45, 7) is 8.11. The van der Waals surface area contributed by atoms with Gasteiger partial charge in [-0.3, -0.25) is 0 Å². The molecule has 0 fully saturated rings. The molecule has 0 amide bonds. The van der Waals surface area contributed by atoms with E-state index in [4.69, 9.17) is 10.2 Å². The Hall–Kier alpha value is -0.0800. The van der Waals surface area contributed by atoms with Crippen molar-refractivity contribution >= 4 is 0 Å². The summed E-state index contributed by atoms with van der Waals surface area (Å²) < 4.78 is 0. The van der Waals surface area contributed by atoms with Crippen LogP contribution in [0, 0.1) is 11.3 Å². The molecule has 0 rings (SSSR count). The SMILES string of the molecule is CC(CC(C)(C)C)C(O)O. The second-order valence-corrected chi connectivity index (χ2v) is 4.16. The van der Waals surface area contributed by atoms with E-state index in [9.17, 15) is 0 Å². The van der Waals surface area contributed by atoms with Crippen LogP contribution in [0.2, 0.25) is 0 Å². The van der Waals surface area contributed by atoms with Gasteiger partial charge in [-0.1, -0.05) is 27.7 Å². The van der Waals surface area contributed by atoms with Crippen LogP contribution in [-0.4, -0.2) is 16.5 Å². The Kier molecular flexibility index (Phi) is 3.33. The van der Waals surface area contributed by atoms with E-state index in [-0.39, 0.29) is 11.3 Å². The van der Waals surface area contributed by atoms with Crippen molar-refractivity contribution < 1.29 is 10.2 Å². The quantitative estimate of drug-likeness (QED) is 0.578. The highest BCUT2D eigenvalue weighted by atomic mass is 16.5. The molecule has 0 aliphatic rings. The number of hydrogen-bond acceptors (Lipinski definition) is 2. The minimum atomic E-state index is -1.17. The second-order valence-electron chi connectivity index (χ2n) is 4.16. The molecule has 0 saturated carbocycles. The molecule has 1 unspecified atom stereocenters. The van der Waals surface area contributed by atoms with E-state index in [0.29, 0.717) is 0 Å². The van der Waals surface area contributed by atoms with Crippen molar-refractivity contribution in [2.45, 2.75) is 40.4 Å². The molecule has 0 aliphatic heterocycles. The molecule has 0 radical (unpaired) electrons. The van der Waals surface area contributed by atoms with E-state index < -0.39 is 6.29 Å². The van der Waals surface area contributed by atoms with Gasteiger partial charge < -0.3 is 10.2 Å². The zero-order chi connectivity index (χ0) is 8.36. The smallest absolute Gasteiger partial charge is 0.154 e. The normalized spacial score (nSPS) is 15.9. The van der Waals surface area contributed by atoms with Crippen LogP contribution in [0.5, 0.6) is 0 Å². The van der Waals surface area contributed by atoms with E-state index in [0.717, 1.165) is 6.42 Å². The van der Waals surface area contributed by atoms with Gasteiger partial charge in [-0.05, 0) is 11.8 Å². The van der Waals surface area contributed by atoms with Crippen molar-refractivity contribution in [2.24, 2.45) is 11.3 Å². The maximum atomic E-state index is 8.74. The summed E-state index contributed by atoms with van der Waals surface area (Å²) in [6.07, 6.45) is -0.329. The zero-order valence-corrected chi connectivity index (χ0v) is 7.26. The monoisotopic (exact) mass is 146 g/mol. The van der Waals surface area contributed by atoms with Crippen LogP contribution in [0.4, 0.5) is 0 Å². The highest BCUT2D eigenvalue weighted by molar-refractivity contribution is 4.66. The van der Waals surface area contributed by atoms with Gasteiger partial charge in [-0.2, -0.15) is 0 Å². The summed E-state index contributed by atoms with van der Waals surface area (Å²) in [5.74, 6) is -0.0278. The van der Waals surface area contributed by atoms with Gasteiger partial charge in [0.25, 0.3) is 0 Å². The van der Waals surface area contributed by atoms with Crippen molar-refractivity contribution in [3.63, 3.8) is 0 Å². The third-order valence-corrected chi connectivity index (χ3v) is 1.44. The zero-order valence-electron chi connectivity index (χ0n) is 7.26. The molecule has 0 bridgehead atoms. The average Bonchev–Trinajstić information content (AvgIpc) is 1.60. The van der Waals surface area contributed by atoms with Crippen molar-refractivity contribution in [1.29, 1.82) is 0 Å². The van der Waals surface area contributed by atoms with Gasteiger partial charge in [0, 0.05) is 5.92 Å². The topological polar surface area (TPSA) is 40.5 Å². The Balaban J connectivity index is 3.68. The third-order valence-electron chi connectivity index (χ3n) is 1.44. The van der Waals surface area contributed by atoms with Crippen molar-refractivity contribution in [1.82, 2.24) is 0 Å². The van der Waals surface area contributed by atoms with Crippen molar-refractivity contribution in [3.8, 4) is 0 Å². The fourth-order valence-corrected chi connectivity index (χ4v) is 1.07. The van der Waals surface area contributed by atoms with Gasteiger partial charge >= 0.3 is 0 Å². The average molecular weight is 146 g/mol. The van der Waals surface area contributed by atoms with E-state index in [2.05, 4.69) is 20.8 Å². The molecule has 10 heavy (non-hydrogen) atoms. The first-order valence-corrected chi connectivity index (χ1v) is 3.69. The molecule has 0 heterocycles. The standard InChI is InChI=1S/C8H18O2/c1-6(7(9)10)5-8(2,3)4/h6-7,9-10H,5H2,1-4H3. The Labute approximate surface area is 62.9 Å². The molecule has 0 aromatic rings. The maximum Gasteiger partial charge on any atom is 0.154 e. The van der Waals surface area contributed by atoms with Crippen molar-refractivity contribution in [3.05, 3.63) is 0 Å². The minimum Gasteiger partial charge on any atom is -0.368 e. The van der Waals surface area contributed by atoms with Gasteiger partial charge in [-0.15, -0.1) is 0 Å². The number of aliphatic hydroxyl groups is 2. The predicted octanol–water partition coefficient (Wildman–Crippen LogP) is 1.37. The third kappa shape index (κ3) is 4.77. The number of aliphatic hydroxyl groups excluding tert-OH is 1. The summed E-state index contributed by atoms with van der Waals surface area (Å²) in [6, 6.07) is 0. The van der Waals surface area contributed by atoms with Gasteiger partial charge in [0.2, 0.25) is 0 Å². The van der Waals surface area contributed by atoms with Crippen LogP contribution >= 0.6 is 0 Å². The van der Waals surface area contributed by atoms with Crippen LogP contribution in [0.3, 0.4) is 0 Å². The largest absolute Gasteiger partial charge is 0.368 e. The fraction of sp³-hybridized carbons (Fsp3) is 1.00. The minimum absolute atomic E-state index is 0.0278. The first kappa shape index (κ1) is 9.92. The Morgan fingerprint density at radius 2 is 1.60 bits per heavy atom. The van der Waals surface area contributed by atoms with Crippen LogP contribution in [0.15, 0.2) is 0 Å². The lowest BCUT2D eigenvalue weighted by molar-refractivity contribution is -0.0872. The summed E-state index contributed by atoms with van der Waals surface area (Å²) in [5, 5.41) is 17.5. The highest BCUT2D eigenvalue weighted by Gasteiger charge is 2.19. The van der Waals surface area contributed by atoms with Gasteiger partial charge in [0.05, 0.1) is 0 Å². The lowest BCUT2D eigenvalue weighted by atomic mass is 9.85. The predicted molar refractivity (Wildman–Crippen MR) is 41.5 cm³/mol. The second kappa shape index (κ2) is 3.35. The lowest BCUT2D eigenvalue weighted by Gasteiger charge is -2.23. The summed E-state index contributed by atoms with van der Waals surface area (Å²) in [4.78, 5) is 0. The first-order valence-electron chi connectivity index (χ1n) is 3.69. The van der Waals surface area contributed by atoms with Crippen LogP contribution in [0.25, 0.3) is 0 Å². The van der Waals surface area contributed by atoms with Crippen LogP contribution in [0.1, 0.15) is 34.1 Å². The summed E-state index contributed by atoms with van der Waals surface area (Å²) in [5.41, 5.74) is 0.184. The summed E-state index contributed by atoms with van der Waals surface area (Å²) in [7, 11) is 0. The Morgan fingerprint density at radius 3 is 1.70 bits per heavy atom.